The molecule has 1 atom stereocenters. The van der Waals surface area contributed by atoms with Gasteiger partial charge in [-0.05, 0) is 37.3 Å². The minimum atomic E-state index is -3.09. The summed E-state index contributed by atoms with van der Waals surface area (Å²) < 4.78 is 25.9. The number of hydrogen-bond donors (Lipinski definition) is 0. The molecule has 1 aliphatic carbocycles. The van der Waals surface area contributed by atoms with E-state index in [4.69, 9.17) is 4.98 Å². The van der Waals surface area contributed by atoms with Crippen LogP contribution in [-0.4, -0.2) is 58.6 Å². The average molecular weight is 492 g/mol. The van der Waals surface area contributed by atoms with Gasteiger partial charge >= 0.3 is 0 Å². The summed E-state index contributed by atoms with van der Waals surface area (Å²) in [6.45, 7) is 4.59. The molecule has 1 saturated carbocycles. The molecule has 0 bridgehead atoms. The lowest BCUT2D eigenvalue weighted by atomic mass is 9.95. The van der Waals surface area contributed by atoms with Crippen LogP contribution in [0.4, 0.5) is 0 Å². The molecule has 0 N–H and O–H groups in total. The number of hydrogen-bond acceptors (Lipinski definition) is 6. The van der Waals surface area contributed by atoms with E-state index in [9.17, 15) is 18.0 Å². The topological polar surface area (TPSA) is 89.3 Å². The molecule has 1 unspecified atom stereocenters. The zero-order valence-electron chi connectivity index (χ0n) is 19.4. The van der Waals surface area contributed by atoms with E-state index in [2.05, 4.69) is 0 Å². The third kappa shape index (κ3) is 5.62. The fraction of sp³-hybridized carbons (Fsp3) is 0.625. The van der Waals surface area contributed by atoms with Crippen LogP contribution in [0.5, 0.6) is 0 Å². The molecule has 1 aromatic heterocycles. The number of carbonyl (C=O) groups is 1. The second-order valence-electron chi connectivity index (χ2n) is 9.66. The fourth-order valence-electron chi connectivity index (χ4n) is 4.97. The van der Waals surface area contributed by atoms with E-state index in [1.807, 2.05) is 42.7 Å². The lowest BCUT2D eigenvalue weighted by Gasteiger charge is -2.30. The molecule has 9 heteroatoms. The van der Waals surface area contributed by atoms with Gasteiger partial charge in [-0.25, -0.2) is 13.4 Å². The van der Waals surface area contributed by atoms with Crippen molar-refractivity contribution in [2.45, 2.75) is 69.6 Å². The van der Waals surface area contributed by atoms with Gasteiger partial charge in [0.25, 0.3) is 5.56 Å². The Kier molecular flexibility index (Phi) is 7.48. The van der Waals surface area contributed by atoms with E-state index in [0.717, 1.165) is 25.7 Å². The Balaban J connectivity index is 1.60. The van der Waals surface area contributed by atoms with Crippen LogP contribution >= 0.6 is 11.8 Å². The van der Waals surface area contributed by atoms with Crippen LogP contribution in [0.15, 0.2) is 34.2 Å². The maximum absolute atomic E-state index is 13.4. The van der Waals surface area contributed by atoms with Crippen molar-refractivity contribution in [1.29, 1.82) is 0 Å². The van der Waals surface area contributed by atoms with Gasteiger partial charge in [0.1, 0.15) is 0 Å². The Morgan fingerprint density at radius 3 is 2.58 bits per heavy atom. The summed E-state index contributed by atoms with van der Waals surface area (Å²) in [5, 5.41) is 1.19. The SMILES string of the molecule is CC(C)CN(C(=O)CSc1nc2ccccc2c(=O)n1C1CCCCC1)C1CCS(=O)(=O)C1. The minimum absolute atomic E-state index is 0.0385. The fourth-order valence-corrected chi connectivity index (χ4v) is 7.65. The minimum Gasteiger partial charge on any atom is -0.338 e. The first kappa shape index (κ1) is 24.3. The standard InChI is InChI=1S/C24H33N3O4S2/c1-17(2)14-26(19-12-13-33(30,31)16-19)22(28)15-32-24-25-21-11-7-6-10-20(21)23(29)27(24)18-8-4-3-5-9-18/h6-7,10-11,17-19H,3-5,8-9,12-16H2,1-2H3. The molecule has 2 heterocycles. The smallest absolute Gasteiger partial charge is 0.262 e. The van der Waals surface area contributed by atoms with Gasteiger partial charge in [-0.2, -0.15) is 0 Å². The van der Waals surface area contributed by atoms with Gasteiger partial charge < -0.3 is 4.90 Å². The average Bonchev–Trinajstić information content (AvgIpc) is 3.15. The molecule has 33 heavy (non-hydrogen) atoms. The number of nitrogens with zero attached hydrogens (tertiary/aromatic N) is 3. The Morgan fingerprint density at radius 2 is 1.91 bits per heavy atom. The van der Waals surface area contributed by atoms with Gasteiger partial charge in [0.05, 0.1) is 28.2 Å². The third-order valence-electron chi connectivity index (χ3n) is 6.57. The maximum Gasteiger partial charge on any atom is 0.262 e. The zero-order chi connectivity index (χ0) is 23.6. The van der Waals surface area contributed by atoms with E-state index in [1.165, 1.54) is 18.2 Å². The van der Waals surface area contributed by atoms with Crippen LogP contribution in [0, 0.1) is 5.92 Å². The highest BCUT2D eigenvalue weighted by atomic mass is 32.2. The molecular formula is C24H33N3O4S2. The molecule has 2 fully saturated rings. The zero-order valence-corrected chi connectivity index (χ0v) is 21.0. The normalized spacial score (nSPS) is 21.0. The number of rotatable bonds is 7. The number of carbonyl (C=O) groups excluding carboxylic acids is 1. The number of amides is 1. The van der Waals surface area contributed by atoms with E-state index < -0.39 is 9.84 Å². The van der Waals surface area contributed by atoms with Crippen molar-refractivity contribution in [3.05, 3.63) is 34.6 Å². The highest BCUT2D eigenvalue weighted by Gasteiger charge is 2.35. The second kappa shape index (κ2) is 10.2. The molecule has 1 aliphatic heterocycles. The Bertz CT molecular complexity index is 1170. The predicted molar refractivity (Wildman–Crippen MR) is 132 cm³/mol. The number of fused-ring (bicyclic) bond motifs is 1. The Morgan fingerprint density at radius 1 is 1.18 bits per heavy atom. The van der Waals surface area contributed by atoms with Crippen LogP contribution in [0.25, 0.3) is 10.9 Å². The van der Waals surface area contributed by atoms with Crippen LogP contribution in [-0.2, 0) is 14.6 Å². The lowest BCUT2D eigenvalue weighted by Crippen LogP contribution is -2.44. The highest BCUT2D eigenvalue weighted by Crippen LogP contribution is 2.31. The summed E-state index contributed by atoms with van der Waals surface area (Å²) in [7, 11) is -3.09. The number of benzene rings is 1. The Labute approximate surface area is 199 Å². The van der Waals surface area contributed by atoms with Gasteiger partial charge in [-0.15, -0.1) is 0 Å². The van der Waals surface area contributed by atoms with Crippen molar-refractivity contribution in [1.82, 2.24) is 14.5 Å². The molecule has 0 spiro atoms. The lowest BCUT2D eigenvalue weighted by molar-refractivity contribution is -0.130. The molecule has 1 saturated heterocycles. The molecular weight excluding hydrogens is 458 g/mol. The molecule has 1 amide bonds. The number of sulfone groups is 1. The summed E-state index contributed by atoms with van der Waals surface area (Å²) in [4.78, 5) is 33.2. The quantitative estimate of drug-likeness (QED) is 0.434. The first-order valence-corrected chi connectivity index (χ1v) is 14.7. The number of para-hydroxylation sites is 1. The van der Waals surface area contributed by atoms with Crippen molar-refractivity contribution >= 4 is 38.4 Å². The monoisotopic (exact) mass is 491 g/mol. The number of aromatic nitrogens is 2. The molecule has 2 aromatic rings. The molecule has 2 aliphatic rings. The Hall–Kier alpha value is -1.87. The van der Waals surface area contributed by atoms with Crippen molar-refractivity contribution in [3.63, 3.8) is 0 Å². The third-order valence-corrected chi connectivity index (χ3v) is 9.26. The van der Waals surface area contributed by atoms with Gasteiger partial charge in [-0.1, -0.05) is 57.0 Å². The van der Waals surface area contributed by atoms with E-state index in [-0.39, 0.29) is 46.7 Å². The van der Waals surface area contributed by atoms with Crippen LogP contribution < -0.4 is 5.56 Å². The van der Waals surface area contributed by atoms with Crippen LogP contribution in [0.3, 0.4) is 0 Å². The summed E-state index contributed by atoms with van der Waals surface area (Å²) in [5.41, 5.74) is 0.605. The largest absolute Gasteiger partial charge is 0.338 e. The predicted octanol–water partition coefficient (Wildman–Crippen LogP) is 3.67. The van der Waals surface area contributed by atoms with Gasteiger partial charge in [-0.3, -0.25) is 14.2 Å². The maximum atomic E-state index is 13.4. The van der Waals surface area contributed by atoms with Crippen molar-refractivity contribution in [3.8, 4) is 0 Å². The summed E-state index contributed by atoms with van der Waals surface area (Å²) in [6.07, 6.45) is 5.74. The van der Waals surface area contributed by atoms with E-state index in [1.54, 1.807) is 4.90 Å². The van der Waals surface area contributed by atoms with Crippen molar-refractivity contribution in [2.75, 3.05) is 23.8 Å². The van der Waals surface area contributed by atoms with Crippen LogP contribution in [0.1, 0.15) is 58.4 Å². The first-order chi connectivity index (χ1) is 15.7. The summed E-state index contributed by atoms with van der Waals surface area (Å²) in [5.74, 6) is 0.466. The molecule has 4 rings (SSSR count). The molecule has 1 aromatic carbocycles. The van der Waals surface area contributed by atoms with Gasteiger partial charge in [0.15, 0.2) is 15.0 Å². The molecule has 7 nitrogen and oxygen atoms in total. The van der Waals surface area contributed by atoms with Gasteiger partial charge in [0.2, 0.25) is 5.91 Å². The second-order valence-corrected chi connectivity index (χ2v) is 12.8. The molecule has 180 valence electrons. The van der Waals surface area contributed by atoms with Crippen molar-refractivity contribution < 1.29 is 13.2 Å². The molecule has 0 radical (unpaired) electrons. The van der Waals surface area contributed by atoms with E-state index >= 15 is 0 Å². The van der Waals surface area contributed by atoms with Gasteiger partial charge in [0, 0.05) is 18.6 Å². The van der Waals surface area contributed by atoms with E-state index in [0.29, 0.717) is 29.0 Å². The summed E-state index contributed by atoms with van der Waals surface area (Å²) >= 11 is 1.30. The summed E-state index contributed by atoms with van der Waals surface area (Å²) in [6, 6.07) is 7.20. The highest BCUT2D eigenvalue weighted by molar-refractivity contribution is 7.99. The van der Waals surface area contributed by atoms with Crippen LogP contribution in [0.2, 0.25) is 0 Å². The number of thioether (sulfide) groups is 1. The van der Waals surface area contributed by atoms with Crippen molar-refractivity contribution in [2.24, 2.45) is 5.92 Å². The first-order valence-electron chi connectivity index (χ1n) is 11.9.